The van der Waals surface area contributed by atoms with E-state index in [1.165, 1.54) is 7.11 Å². The SMILES string of the molecule is COc1cc(F)c(CN(C)CC#N)cc1F. The fraction of sp³-hybridized carbons (Fsp3) is 0.364. The second-order valence-electron chi connectivity index (χ2n) is 3.41. The maximum absolute atomic E-state index is 13.5. The molecule has 0 N–H and O–H groups in total. The third-order valence-electron chi connectivity index (χ3n) is 2.10. The third-order valence-corrected chi connectivity index (χ3v) is 2.10. The summed E-state index contributed by atoms with van der Waals surface area (Å²) in [6.07, 6.45) is 0. The Labute approximate surface area is 92.9 Å². The lowest BCUT2D eigenvalue weighted by atomic mass is 10.2. The summed E-state index contributed by atoms with van der Waals surface area (Å²) >= 11 is 0. The second-order valence-corrected chi connectivity index (χ2v) is 3.41. The fourth-order valence-corrected chi connectivity index (χ4v) is 1.31. The summed E-state index contributed by atoms with van der Waals surface area (Å²) in [5.41, 5.74) is 0.205. The van der Waals surface area contributed by atoms with E-state index in [0.717, 1.165) is 12.1 Å². The molecule has 0 atom stereocenters. The maximum Gasteiger partial charge on any atom is 0.165 e. The molecule has 1 rings (SSSR count). The molecular weight excluding hydrogens is 214 g/mol. The number of methoxy groups -OCH3 is 1. The molecule has 0 unspecified atom stereocenters. The zero-order valence-electron chi connectivity index (χ0n) is 9.13. The topological polar surface area (TPSA) is 36.3 Å². The number of ether oxygens (including phenoxy) is 1. The normalized spacial score (nSPS) is 10.2. The molecule has 0 aliphatic rings. The molecule has 0 amide bonds. The van der Waals surface area contributed by atoms with Crippen molar-refractivity contribution >= 4 is 0 Å². The largest absolute Gasteiger partial charge is 0.494 e. The van der Waals surface area contributed by atoms with E-state index in [4.69, 9.17) is 5.26 Å². The van der Waals surface area contributed by atoms with Gasteiger partial charge in [0.2, 0.25) is 0 Å². The van der Waals surface area contributed by atoms with Crippen molar-refractivity contribution in [1.82, 2.24) is 4.90 Å². The number of nitriles is 1. The van der Waals surface area contributed by atoms with Gasteiger partial charge in [-0.05, 0) is 13.1 Å². The summed E-state index contributed by atoms with van der Waals surface area (Å²) in [7, 11) is 2.93. The molecule has 1 aromatic carbocycles. The predicted molar refractivity (Wildman–Crippen MR) is 54.9 cm³/mol. The number of nitrogens with zero attached hydrogens (tertiary/aromatic N) is 2. The highest BCUT2D eigenvalue weighted by Gasteiger charge is 2.11. The minimum absolute atomic E-state index is 0.121. The van der Waals surface area contributed by atoms with Gasteiger partial charge in [-0.25, -0.2) is 8.78 Å². The molecule has 0 fully saturated rings. The molecule has 0 aromatic heterocycles. The van der Waals surface area contributed by atoms with Gasteiger partial charge in [0, 0.05) is 18.2 Å². The lowest BCUT2D eigenvalue weighted by Crippen LogP contribution is -2.18. The quantitative estimate of drug-likeness (QED) is 0.736. The van der Waals surface area contributed by atoms with Crippen molar-refractivity contribution in [3.05, 3.63) is 29.3 Å². The molecule has 0 aliphatic carbocycles. The van der Waals surface area contributed by atoms with Gasteiger partial charge in [0.1, 0.15) is 5.82 Å². The number of benzene rings is 1. The number of hydrogen-bond donors (Lipinski definition) is 0. The fourth-order valence-electron chi connectivity index (χ4n) is 1.31. The maximum atomic E-state index is 13.5. The van der Waals surface area contributed by atoms with Crippen molar-refractivity contribution < 1.29 is 13.5 Å². The minimum atomic E-state index is -0.607. The molecule has 0 bridgehead atoms. The van der Waals surface area contributed by atoms with Crippen molar-refractivity contribution in [2.45, 2.75) is 6.54 Å². The van der Waals surface area contributed by atoms with Gasteiger partial charge in [-0.1, -0.05) is 0 Å². The van der Waals surface area contributed by atoms with Crippen LogP contribution in [0.4, 0.5) is 8.78 Å². The molecule has 0 saturated heterocycles. The molecule has 0 heterocycles. The molecule has 86 valence electrons. The second kappa shape index (κ2) is 5.42. The summed E-state index contributed by atoms with van der Waals surface area (Å²) in [6, 6.07) is 4.02. The van der Waals surface area contributed by atoms with Gasteiger partial charge in [0.05, 0.1) is 19.7 Å². The third kappa shape index (κ3) is 2.91. The first-order chi connectivity index (χ1) is 7.58. The lowest BCUT2D eigenvalue weighted by molar-refractivity contribution is 0.352. The van der Waals surface area contributed by atoms with Crippen LogP contribution in [0.15, 0.2) is 12.1 Å². The van der Waals surface area contributed by atoms with Crippen LogP contribution in [0.5, 0.6) is 5.75 Å². The van der Waals surface area contributed by atoms with Gasteiger partial charge in [-0.15, -0.1) is 0 Å². The standard InChI is InChI=1S/C11H12F2N2O/c1-15(4-3-14)7-8-5-10(13)11(16-2)6-9(8)12/h5-6H,4,7H2,1-2H3. The van der Waals surface area contributed by atoms with Crippen LogP contribution in [0.25, 0.3) is 0 Å². The van der Waals surface area contributed by atoms with Crippen molar-refractivity contribution in [3.8, 4) is 11.8 Å². The van der Waals surface area contributed by atoms with Crippen LogP contribution < -0.4 is 4.74 Å². The smallest absolute Gasteiger partial charge is 0.165 e. The molecule has 16 heavy (non-hydrogen) atoms. The highest BCUT2D eigenvalue weighted by atomic mass is 19.1. The van der Waals surface area contributed by atoms with Crippen LogP contribution in [-0.4, -0.2) is 25.6 Å². The summed E-state index contributed by atoms with van der Waals surface area (Å²) in [5.74, 6) is -1.27. The van der Waals surface area contributed by atoms with Crippen LogP contribution in [-0.2, 0) is 6.54 Å². The van der Waals surface area contributed by atoms with Crippen LogP contribution in [0.3, 0.4) is 0 Å². The Kier molecular flexibility index (Phi) is 4.20. The van der Waals surface area contributed by atoms with E-state index in [0.29, 0.717) is 0 Å². The van der Waals surface area contributed by atoms with Gasteiger partial charge < -0.3 is 4.74 Å². The van der Waals surface area contributed by atoms with Crippen molar-refractivity contribution in [2.75, 3.05) is 20.7 Å². The van der Waals surface area contributed by atoms with E-state index in [1.807, 2.05) is 6.07 Å². The highest BCUT2D eigenvalue weighted by molar-refractivity contribution is 5.30. The summed E-state index contributed by atoms with van der Waals surface area (Å²) in [4.78, 5) is 1.59. The molecule has 3 nitrogen and oxygen atoms in total. The van der Waals surface area contributed by atoms with Crippen LogP contribution in [0, 0.1) is 23.0 Å². The van der Waals surface area contributed by atoms with E-state index in [2.05, 4.69) is 4.74 Å². The first-order valence-electron chi connectivity index (χ1n) is 4.66. The Balaban J connectivity index is 2.90. The minimum Gasteiger partial charge on any atom is -0.494 e. The number of halogens is 2. The first-order valence-corrected chi connectivity index (χ1v) is 4.66. The summed E-state index contributed by atoms with van der Waals surface area (Å²) in [6.45, 7) is 0.341. The average Bonchev–Trinajstić information content (AvgIpc) is 2.23. The van der Waals surface area contributed by atoms with Crippen LogP contribution >= 0.6 is 0 Å². The van der Waals surface area contributed by atoms with E-state index < -0.39 is 11.6 Å². The molecular formula is C11H12F2N2O. The molecule has 0 saturated carbocycles. The number of rotatable bonds is 4. The average molecular weight is 226 g/mol. The Morgan fingerprint density at radius 2 is 2.06 bits per heavy atom. The van der Waals surface area contributed by atoms with E-state index in [-0.39, 0.29) is 24.4 Å². The highest BCUT2D eigenvalue weighted by Crippen LogP contribution is 2.21. The molecule has 5 heteroatoms. The monoisotopic (exact) mass is 226 g/mol. The Morgan fingerprint density at radius 1 is 1.38 bits per heavy atom. The van der Waals surface area contributed by atoms with Crippen molar-refractivity contribution in [3.63, 3.8) is 0 Å². The van der Waals surface area contributed by atoms with Crippen molar-refractivity contribution in [1.29, 1.82) is 5.26 Å². The van der Waals surface area contributed by atoms with Crippen molar-refractivity contribution in [2.24, 2.45) is 0 Å². The summed E-state index contributed by atoms with van der Waals surface area (Å²) in [5, 5.41) is 8.44. The van der Waals surface area contributed by atoms with E-state index >= 15 is 0 Å². The molecule has 0 aliphatic heterocycles. The zero-order valence-corrected chi connectivity index (χ0v) is 9.13. The zero-order chi connectivity index (χ0) is 12.1. The molecule has 1 aromatic rings. The van der Waals surface area contributed by atoms with Gasteiger partial charge >= 0.3 is 0 Å². The predicted octanol–water partition coefficient (Wildman–Crippen LogP) is 1.93. The van der Waals surface area contributed by atoms with Crippen LogP contribution in [0.1, 0.15) is 5.56 Å². The first kappa shape index (κ1) is 12.4. The number of hydrogen-bond acceptors (Lipinski definition) is 3. The van der Waals surface area contributed by atoms with E-state index in [9.17, 15) is 8.78 Å². The van der Waals surface area contributed by atoms with E-state index in [1.54, 1.807) is 11.9 Å². The van der Waals surface area contributed by atoms with Gasteiger partial charge in [-0.3, -0.25) is 4.90 Å². The van der Waals surface area contributed by atoms with Gasteiger partial charge in [0.25, 0.3) is 0 Å². The van der Waals surface area contributed by atoms with Crippen LogP contribution in [0.2, 0.25) is 0 Å². The Hall–Kier alpha value is -1.67. The van der Waals surface area contributed by atoms with Gasteiger partial charge in [-0.2, -0.15) is 5.26 Å². The molecule has 0 radical (unpaired) electrons. The Morgan fingerprint density at radius 3 is 2.62 bits per heavy atom. The van der Waals surface area contributed by atoms with Gasteiger partial charge in [0.15, 0.2) is 11.6 Å². The lowest BCUT2D eigenvalue weighted by Gasteiger charge is -2.13. The Bertz CT molecular complexity index is 415. The molecule has 0 spiro atoms. The summed E-state index contributed by atoms with van der Waals surface area (Å²) < 4.78 is 31.4.